The first kappa shape index (κ1) is 13.9. The minimum atomic E-state index is 0.147. The van der Waals surface area contributed by atoms with Crippen molar-refractivity contribution in [2.24, 2.45) is 11.7 Å². The van der Waals surface area contributed by atoms with Crippen LogP contribution < -0.4 is 10.6 Å². The lowest BCUT2D eigenvalue weighted by Crippen LogP contribution is -2.22. The fourth-order valence-electron chi connectivity index (χ4n) is 2.70. The molecule has 0 amide bonds. The molecule has 1 aromatic carbocycles. The minimum Gasteiger partial charge on any atom is -0.371 e. The molecule has 2 nitrogen and oxygen atoms in total. The summed E-state index contributed by atoms with van der Waals surface area (Å²) in [6, 6.07) is 6.66. The first-order valence-electron chi connectivity index (χ1n) is 6.88. The van der Waals surface area contributed by atoms with Gasteiger partial charge in [0.15, 0.2) is 0 Å². The number of anilines is 1. The van der Waals surface area contributed by atoms with Crippen LogP contribution in [0.2, 0.25) is 0 Å². The van der Waals surface area contributed by atoms with E-state index in [4.69, 9.17) is 5.73 Å². The molecule has 1 saturated heterocycles. The Morgan fingerprint density at radius 1 is 1.28 bits per heavy atom. The van der Waals surface area contributed by atoms with Gasteiger partial charge < -0.3 is 10.6 Å². The molecule has 3 heteroatoms. The summed E-state index contributed by atoms with van der Waals surface area (Å²) in [5.74, 6) is 0.634. The van der Waals surface area contributed by atoms with Crippen molar-refractivity contribution in [2.45, 2.75) is 39.2 Å². The second kappa shape index (κ2) is 6.07. The molecular formula is C15H23BrN2. The van der Waals surface area contributed by atoms with Crippen LogP contribution in [0.25, 0.3) is 0 Å². The third-order valence-electron chi connectivity index (χ3n) is 3.56. The Hall–Kier alpha value is -0.540. The number of rotatable bonds is 4. The molecule has 1 heterocycles. The van der Waals surface area contributed by atoms with Crippen LogP contribution in [0, 0.1) is 5.92 Å². The van der Waals surface area contributed by atoms with E-state index < -0.39 is 0 Å². The SMILES string of the molecule is CC(C)CC(N)c1ccc(Br)cc1N1CCCC1. The number of halogens is 1. The van der Waals surface area contributed by atoms with Crippen molar-refractivity contribution in [3.05, 3.63) is 28.2 Å². The monoisotopic (exact) mass is 310 g/mol. The molecule has 0 bridgehead atoms. The summed E-state index contributed by atoms with van der Waals surface area (Å²) in [6.07, 6.45) is 3.64. The molecule has 1 aliphatic rings. The summed E-state index contributed by atoms with van der Waals surface area (Å²) < 4.78 is 1.14. The zero-order chi connectivity index (χ0) is 13.1. The van der Waals surface area contributed by atoms with Crippen LogP contribution in [0.15, 0.2) is 22.7 Å². The number of hydrogen-bond acceptors (Lipinski definition) is 2. The Kier molecular flexibility index (Phi) is 4.68. The van der Waals surface area contributed by atoms with E-state index in [1.54, 1.807) is 0 Å². The fourth-order valence-corrected chi connectivity index (χ4v) is 3.05. The van der Waals surface area contributed by atoms with Gasteiger partial charge in [-0.25, -0.2) is 0 Å². The summed E-state index contributed by atoms with van der Waals surface area (Å²) in [5, 5.41) is 0. The van der Waals surface area contributed by atoms with Crippen molar-refractivity contribution in [2.75, 3.05) is 18.0 Å². The molecule has 100 valence electrons. The molecule has 0 aromatic heterocycles. The van der Waals surface area contributed by atoms with Crippen molar-refractivity contribution in [1.82, 2.24) is 0 Å². The van der Waals surface area contributed by atoms with Crippen LogP contribution in [0.1, 0.15) is 44.7 Å². The summed E-state index contributed by atoms with van der Waals surface area (Å²) >= 11 is 3.58. The van der Waals surface area contributed by atoms with Crippen LogP contribution in [0.3, 0.4) is 0 Å². The Morgan fingerprint density at radius 2 is 1.94 bits per heavy atom. The molecular weight excluding hydrogens is 288 g/mol. The minimum absolute atomic E-state index is 0.147. The quantitative estimate of drug-likeness (QED) is 0.907. The zero-order valence-electron chi connectivity index (χ0n) is 11.3. The molecule has 1 aliphatic heterocycles. The lowest BCUT2D eigenvalue weighted by molar-refractivity contribution is 0.510. The zero-order valence-corrected chi connectivity index (χ0v) is 12.9. The molecule has 1 fully saturated rings. The summed E-state index contributed by atoms with van der Waals surface area (Å²) in [6.45, 7) is 6.79. The van der Waals surface area contributed by atoms with Gasteiger partial charge in [-0.05, 0) is 42.9 Å². The maximum Gasteiger partial charge on any atom is 0.0425 e. The van der Waals surface area contributed by atoms with Crippen LogP contribution in [0.4, 0.5) is 5.69 Å². The van der Waals surface area contributed by atoms with Crippen LogP contribution in [-0.2, 0) is 0 Å². The Bertz CT molecular complexity index is 397. The van der Waals surface area contributed by atoms with E-state index in [2.05, 4.69) is 52.9 Å². The lowest BCUT2D eigenvalue weighted by atomic mass is 9.96. The standard InChI is InChI=1S/C15H23BrN2/c1-11(2)9-14(17)13-6-5-12(16)10-15(13)18-7-3-4-8-18/h5-6,10-11,14H,3-4,7-9,17H2,1-2H3. The predicted molar refractivity (Wildman–Crippen MR) is 82.0 cm³/mol. The third-order valence-corrected chi connectivity index (χ3v) is 4.06. The van der Waals surface area contributed by atoms with Gasteiger partial charge in [-0.15, -0.1) is 0 Å². The normalized spacial score (nSPS) is 17.5. The average Bonchev–Trinajstić information content (AvgIpc) is 2.80. The van der Waals surface area contributed by atoms with E-state index in [9.17, 15) is 0 Å². The van der Waals surface area contributed by atoms with Gasteiger partial charge in [-0.1, -0.05) is 35.8 Å². The van der Waals surface area contributed by atoms with Gasteiger partial charge in [0.05, 0.1) is 0 Å². The molecule has 2 N–H and O–H groups in total. The van der Waals surface area contributed by atoms with Crippen molar-refractivity contribution < 1.29 is 0 Å². The summed E-state index contributed by atoms with van der Waals surface area (Å²) in [4.78, 5) is 2.47. The molecule has 0 radical (unpaired) electrons. The highest BCUT2D eigenvalue weighted by atomic mass is 79.9. The summed E-state index contributed by atoms with van der Waals surface area (Å²) in [5.41, 5.74) is 9.00. The molecule has 18 heavy (non-hydrogen) atoms. The van der Waals surface area contributed by atoms with E-state index in [0.717, 1.165) is 24.0 Å². The maximum absolute atomic E-state index is 6.37. The Balaban J connectivity index is 2.27. The summed E-state index contributed by atoms with van der Waals surface area (Å²) in [7, 11) is 0. The van der Waals surface area contributed by atoms with Gasteiger partial charge in [0.1, 0.15) is 0 Å². The molecule has 1 atom stereocenters. The largest absolute Gasteiger partial charge is 0.371 e. The smallest absolute Gasteiger partial charge is 0.0425 e. The van der Waals surface area contributed by atoms with Gasteiger partial charge in [-0.3, -0.25) is 0 Å². The van der Waals surface area contributed by atoms with Gasteiger partial charge in [-0.2, -0.15) is 0 Å². The van der Waals surface area contributed by atoms with E-state index in [0.29, 0.717) is 5.92 Å². The van der Waals surface area contributed by atoms with Gasteiger partial charge in [0, 0.05) is 29.3 Å². The molecule has 0 aliphatic carbocycles. The lowest BCUT2D eigenvalue weighted by Gasteiger charge is -2.25. The van der Waals surface area contributed by atoms with Crippen molar-refractivity contribution in [3.63, 3.8) is 0 Å². The average molecular weight is 311 g/mol. The van der Waals surface area contributed by atoms with E-state index >= 15 is 0 Å². The topological polar surface area (TPSA) is 29.3 Å². The van der Waals surface area contributed by atoms with Crippen molar-refractivity contribution in [3.8, 4) is 0 Å². The molecule has 0 saturated carbocycles. The molecule has 2 rings (SSSR count). The van der Waals surface area contributed by atoms with Crippen molar-refractivity contribution in [1.29, 1.82) is 0 Å². The van der Waals surface area contributed by atoms with Gasteiger partial charge in [0.25, 0.3) is 0 Å². The van der Waals surface area contributed by atoms with Crippen LogP contribution in [0.5, 0.6) is 0 Å². The predicted octanol–water partition coefficient (Wildman–Crippen LogP) is 4.10. The molecule has 1 aromatic rings. The highest BCUT2D eigenvalue weighted by Gasteiger charge is 2.19. The highest BCUT2D eigenvalue weighted by molar-refractivity contribution is 9.10. The maximum atomic E-state index is 6.37. The number of nitrogens with zero attached hydrogens (tertiary/aromatic N) is 1. The van der Waals surface area contributed by atoms with E-state index in [1.807, 2.05) is 0 Å². The first-order valence-corrected chi connectivity index (χ1v) is 7.67. The Labute approximate surface area is 119 Å². The van der Waals surface area contributed by atoms with Gasteiger partial charge in [0.2, 0.25) is 0 Å². The first-order chi connectivity index (χ1) is 8.58. The fraction of sp³-hybridized carbons (Fsp3) is 0.600. The number of hydrogen-bond donors (Lipinski definition) is 1. The highest BCUT2D eigenvalue weighted by Crippen LogP contribution is 2.33. The molecule has 1 unspecified atom stereocenters. The number of nitrogens with two attached hydrogens (primary N) is 1. The second-order valence-corrected chi connectivity index (χ2v) is 6.55. The second-order valence-electron chi connectivity index (χ2n) is 5.63. The molecule has 0 spiro atoms. The third kappa shape index (κ3) is 3.27. The van der Waals surface area contributed by atoms with Crippen LogP contribution in [-0.4, -0.2) is 13.1 Å². The Morgan fingerprint density at radius 3 is 2.56 bits per heavy atom. The van der Waals surface area contributed by atoms with E-state index in [-0.39, 0.29) is 6.04 Å². The van der Waals surface area contributed by atoms with Crippen LogP contribution >= 0.6 is 15.9 Å². The van der Waals surface area contributed by atoms with Gasteiger partial charge >= 0.3 is 0 Å². The van der Waals surface area contributed by atoms with E-state index in [1.165, 1.54) is 24.1 Å². The number of benzene rings is 1. The van der Waals surface area contributed by atoms with Crippen molar-refractivity contribution >= 4 is 21.6 Å².